The molecule has 21 heavy (non-hydrogen) atoms. The molecule has 0 bridgehead atoms. The highest BCUT2D eigenvalue weighted by Crippen LogP contribution is 2.25. The third-order valence-corrected chi connectivity index (χ3v) is 3.86. The molecule has 2 N–H and O–H groups in total. The maximum atomic E-state index is 13.8. The smallest absolute Gasteiger partial charge is 0.127 e. The molecule has 1 atom stereocenters. The average molecular weight is 306 g/mol. The van der Waals surface area contributed by atoms with E-state index in [4.69, 9.17) is 17.3 Å². The van der Waals surface area contributed by atoms with E-state index >= 15 is 0 Å². The largest absolute Gasteiger partial charge is 0.324 e. The van der Waals surface area contributed by atoms with Crippen LogP contribution in [0.3, 0.4) is 0 Å². The van der Waals surface area contributed by atoms with Crippen molar-refractivity contribution in [2.45, 2.75) is 32.7 Å². The zero-order valence-corrected chi connectivity index (χ0v) is 13.2. The van der Waals surface area contributed by atoms with Crippen LogP contribution in [0, 0.1) is 11.7 Å². The van der Waals surface area contributed by atoms with Crippen molar-refractivity contribution in [3.63, 3.8) is 0 Å². The van der Waals surface area contributed by atoms with Gasteiger partial charge in [0.25, 0.3) is 0 Å². The predicted molar refractivity (Wildman–Crippen MR) is 87.0 cm³/mol. The molecule has 0 spiro atoms. The summed E-state index contributed by atoms with van der Waals surface area (Å²) < 4.78 is 13.8. The van der Waals surface area contributed by atoms with Gasteiger partial charge in [-0.1, -0.05) is 55.8 Å². The standard InChI is InChI=1S/C18H21ClFN/c1-12(2)9-13-5-3-6-14(10-13)18(21)11-15-16(19)7-4-8-17(15)20/h3-8,10,12,18H,9,11,21H2,1-2H3. The van der Waals surface area contributed by atoms with Gasteiger partial charge in [-0.2, -0.15) is 0 Å². The van der Waals surface area contributed by atoms with Gasteiger partial charge in [-0.15, -0.1) is 0 Å². The zero-order valence-electron chi connectivity index (χ0n) is 12.4. The minimum Gasteiger partial charge on any atom is -0.324 e. The lowest BCUT2D eigenvalue weighted by atomic mass is 9.95. The normalized spacial score (nSPS) is 12.7. The monoisotopic (exact) mass is 305 g/mol. The van der Waals surface area contributed by atoms with Crippen molar-refractivity contribution in [3.05, 3.63) is 70.0 Å². The Kier molecular flexibility index (Phi) is 5.38. The molecule has 1 nitrogen and oxygen atoms in total. The summed E-state index contributed by atoms with van der Waals surface area (Å²) in [6.45, 7) is 4.37. The molecule has 0 aliphatic heterocycles. The zero-order chi connectivity index (χ0) is 15.4. The van der Waals surface area contributed by atoms with Crippen LogP contribution in [0.5, 0.6) is 0 Å². The van der Waals surface area contributed by atoms with E-state index in [1.54, 1.807) is 12.1 Å². The van der Waals surface area contributed by atoms with Gasteiger partial charge in [0.15, 0.2) is 0 Å². The van der Waals surface area contributed by atoms with Crippen molar-refractivity contribution in [2.75, 3.05) is 0 Å². The van der Waals surface area contributed by atoms with Crippen LogP contribution in [-0.2, 0) is 12.8 Å². The fraction of sp³-hybridized carbons (Fsp3) is 0.333. The van der Waals surface area contributed by atoms with Crippen LogP contribution >= 0.6 is 11.6 Å². The molecular weight excluding hydrogens is 285 g/mol. The molecule has 2 aromatic rings. The Balaban J connectivity index is 2.18. The Bertz CT molecular complexity index is 590. The van der Waals surface area contributed by atoms with Gasteiger partial charge < -0.3 is 5.73 Å². The van der Waals surface area contributed by atoms with Crippen LogP contribution in [-0.4, -0.2) is 0 Å². The van der Waals surface area contributed by atoms with Crippen molar-refractivity contribution in [1.29, 1.82) is 0 Å². The number of benzene rings is 2. The predicted octanol–water partition coefficient (Wildman–Crippen LogP) is 4.92. The van der Waals surface area contributed by atoms with Gasteiger partial charge in [-0.3, -0.25) is 0 Å². The van der Waals surface area contributed by atoms with E-state index in [-0.39, 0.29) is 11.9 Å². The van der Waals surface area contributed by atoms with Gasteiger partial charge in [0.1, 0.15) is 5.82 Å². The maximum absolute atomic E-state index is 13.8. The second kappa shape index (κ2) is 7.06. The van der Waals surface area contributed by atoms with E-state index < -0.39 is 0 Å². The summed E-state index contributed by atoms with van der Waals surface area (Å²) in [5, 5.41) is 0.434. The van der Waals surface area contributed by atoms with Crippen molar-refractivity contribution >= 4 is 11.6 Å². The fourth-order valence-corrected chi connectivity index (χ4v) is 2.73. The molecule has 112 valence electrons. The van der Waals surface area contributed by atoms with Crippen LogP contribution in [0.25, 0.3) is 0 Å². The third-order valence-electron chi connectivity index (χ3n) is 3.51. The molecular formula is C18H21ClFN. The summed E-state index contributed by atoms with van der Waals surface area (Å²) in [6.07, 6.45) is 1.41. The maximum Gasteiger partial charge on any atom is 0.127 e. The van der Waals surface area contributed by atoms with E-state index in [9.17, 15) is 4.39 Å². The van der Waals surface area contributed by atoms with Crippen molar-refractivity contribution in [1.82, 2.24) is 0 Å². The number of nitrogens with two attached hydrogens (primary N) is 1. The molecule has 0 fully saturated rings. The Morgan fingerprint density at radius 3 is 2.48 bits per heavy atom. The minimum absolute atomic E-state index is 0.258. The lowest BCUT2D eigenvalue weighted by molar-refractivity contribution is 0.593. The minimum atomic E-state index is -0.295. The molecule has 0 amide bonds. The molecule has 1 unspecified atom stereocenters. The van der Waals surface area contributed by atoms with Crippen molar-refractivity contribution in [2.24, 2.45) is 11.7 Å². The summed E-state index contributed by atoms with van der Waals surface area (Å²) >= 11 is 6.07. The summed E-state index contributed by atoms with van der Waals surface area (Å²) in [5.41, 5.74) is 9.01. The number of hydrogen-bond acceptors (Lipinski definition) is 1. The number of hydrogen-bond donors (Lipinski definition) is 1. The highest BCUT2D eigenvalue weighted by atomic mass is 35.5. The molecule has 0 saturated carbocycles. The molecule has 0 aromatic heterocycles. The molecule has 2 aromatic carbocycles. The van der Waals surface area contributed by atoms with Crippen LogP contribution in [0.1, 0.15) is 36.6 Å². The highest BCUT2D eigenvalue weighted by molar-refractivity contribution is 6.31. The van der Waals surface area contributed by atoms with Gasteiger partial charge in [0, 0.05) is 16.6 Å². The first kappa shape index (κ1) is 16.0. The second-order valence-corrected chi connectivity index (χ2v) is 6.26. The average Bonchev–Trinajstić information content (AvgIpc) is 2.42. The number of halogens is 2. The van der Waals surface area contributed by atoms with Crippen LogP contribution in [0.15, 0.2) is 42.5 Å². The molecule has 0 heterocycles. The lowest BCUT2D eigenvalue weighted by Crippen LogP contribution is -2.15. The Morgan fingerprint density at radius 1 is 1.10 bits per heavy atom. The van der Waals surface area contributed by atoms with Crippen LogP contribution in [0.4, 0.5) is 4.39 Å². The van der Waals surface area contributed by atoms with E-state index in [1.807, 2.05) is 12.1 Å². The first-order valence-electron chi connectivity index (χ1n) is 7.24. The first-order valence-corrected chi connectivity index (χ1v) is 7.62. The van der Waals surface area contributed by atoms with E-state index in [0.29, 0.717) is 22.9 Å². The Labute approximate surface area is 130 Å². The van der Waals surface area contributed by atoms with Gasteiger partial charge in [0.05, 0.1) is 0 Å². The van der Waals surface area contributed by atoms with Crippen molar-refractivity contribution < 1.29 is 4.39 Å². The van der Waals surface area contributed by atoms with Gasteiger partial charge in [0.2, 0.25) is 0 Å². The third kappa shape index (κ3) is 4.29. The molecule has 0 radical (unpaired) electrons. The fourth-order valence-electron chi connectivity index (χ4n) is 2.49. The molecule has 2 rings (SSSR count). The van der Waals surface area contributed by atoms with Gasteiger partial charge in [-0.05, 0) is 42.0 Å². The highest BCUT2D eigenvalue weighted by Gasteiger charge is 2.14. The Morgan fingerprint density at radius 2 is 1.81 bits per heavy atom. The van der Waals surface area contributed by atoms with Gasteiger partial charge >= 0.3 is 0 Å². The van der Waals surface area contributed by atoms with Gasteiger partial charge in [-0.25, -0.2) is 4.39 Å². The van der Waals surface area contributed by atoms with E-state index in [1.165, 1.54) is 11.6 Å². The van der Waals surface area contributed by atoms with E-state index in [2.05, 4.69) is 26.0 Å². The van der Waals surface area contributed by atoms with Crippen LogP contribution < -0.4 is 5.73 Å². The number of rotatable bonds is 5. The second-order valence-electron chi connectivity index (χ2n) is 5.85. The molecule has 0 aliphatic rings. The molecule has 3 heteroatoms. The molecule has 0 aliphatic carbocycles. The SMILES string of the molecule is CC(C)Cc1cccc(C(N)Cc2c(F)cccc2Cl)c1. The van der Waals surface area contributed by atoms with Crippen molar-refractivity contribution in [3.8, 4) is 0 Å². The molecule has 0 saturated heterocycles. The summed E-state index contributed by atoms with van der Waals surface area (Å²) in [7, 11) is 0. The topological polar surface area (TPSA) is 26.0 Å². The first-order chi connectivity index (χ1) is 9.97. The van der Waals surface area contributed by atoms with Crippen LogP contribution in [0.2, 0.25) is 5.02 Å². The lowest BCUT2D eigenvalue weighted by Gasteiger charge is -2.15. The Hall–Kier alpha value is -1.38. The quantitative estimate of drug-likeness (QED) is 0.833. The summed E-state index contributed by atoms with van der Waals surface area (Å²) in [4.78, 5) is 0. The summed E-state index contributed by atoms with van der Waals surface area (Å²) in [6, 6.07) is 12.7. The van der Waals surface area contributed by atoms with E-state index in [0.717, 1.165) is 12.0 Å². The summed E-state index contributed by atoms with van der Waals surface area (Å²) in [5.74, 6) is 0.300.